The molecule has 0 aliphatic rings. The molecule has 0 aliphatic carbocycles. The van der Waals surface area contributed by atoms with E-state index in [4.69, 9.17) is 9.84 Å². The first-order valence-electron chi connectivity index (χ1n) is 4.49. The number of carboxylic acids is 1. The van der Waals surface area contributed by atoms with Crippen molar-refractivity contribution in [1.29, 1.82) is 0 Å². The number of hydrogen-bond acceptors (Lipinski definition) is 3. The fraction of sp³-hybridized carbons (Fsp3) is 0.200. The molecule has 5 nitrogen and oxygen atoms in total. The van der Waals surface area contributed by atoms with E-state index in [1.807, 2.05) is 0 Å². The fourth-order valence-corrected chi connectivity index (χ4v) is 1.25. The van der Waals surface area contributed by atoms with E-state index in [9.17, 15) is 4.79 Å². The Kier molecular flexibility index (Phi) is 2.29. The highest BCUT2D eigenvalue weighted by Crippen LogP contribution is 2.19. The molecule has 0 radical (unpaired) electrons. The van der Waals surface area contributed by atoms with Gasteiger partial charge in [-0.05, 0) is 25.1 Å². The van der Waals surface area contributed by atoms with Gasteiger partial charge in [-0.2, -0.15) is 5.10 Å². The molecule has 1 aromatic carbocycles. The second kappa shape index (κ2) is 3.61. The molecule has 0 unspecified atom stereocenters. The fourth-order valence-electron chi connectivity index (χ4n) is 1.25. The van der Waals surface area contributed by atoms with E-state index in [1.165, 1.54) is 6.92 Å². The van der Waals surface area contributed by atoms with Gasteiger partial charge >= 0.3 is 5.97 Å². The standard InChI is InChI=1S/C10H10N2O3/c1-6(10(13)14)15-8-2-3-9-7(4-8)5-11-12-9/h2-6H,1H3,(H,11,12)(H,13,14)/t6-/m0/s1. The van der Waals surface area contributed by atoms with Crippen LogP contribution < -0.4 is 4.74 Å². The molecule has 5 heteroatoms. The third-order valence-corrected chi connectivity index (χ3v) is 2.07. The normalized spacial score (nSPS) is 12.6. The quantitative estimate of drug-likeness (QED) is 0.796. The Morgan fingerprint density at radius 3 is 3.13 bits per heavy atom. The Morgan fingerprint density at radius 2 is 2.40 bits per heavy atom. The van der Waals surface area contributed by atoms with Gasteiger partial charge in [-0.3, -0.25) is 5.10 Å². The minimum absolute atomic E-state index is 0.527. The van der Waals surface area contributed by atoms with Crippen LogP contribution in [-0.2, 0) is 4.79 Å². The highest BCUT2D eigenvalue weighted by Gasteiger charge is 2.12. The molecule has 78 valence electrons. The molecular formula is C10H10N2O3. The molecule has 0 saturated carbocycles. The van der Waals surface area contributed by atoms with Crippen LogP contribution in [0.25, 0.3) is 10.9 Å². The van der Waals surface area contributed by atoms with Crippen LogP contribution in [0.2, 0.25) is 0 Å². The molecule has 2 N–H and O–H groups in total. The zero-order valence-corrected chi connectivity index (χ0v) is 8.10. The predicted molar refractivity (Wildman–Crippen MR) is 53.8 cm³/mol. The summed E-state index contributed by atoms with van der Waals surface area (Å²) in [5, 5.41) is 16.2. The summed E-state index contributed by atoms with van der Waals surface area (Å²) >= 11 is 0. The van der Waals surface area contributed by atoms with E-state index in [-0.39, 0.29) is 0 Å². The first-order chi connectivity index (χ1) is 7.16. The van der Waals surface area contributed by atoms with Crippen molar-refractivity contribution in [2.45, 2.75) is 13.0 Å². The molecule has 0 bridgehead atoms. The first-order valence-corrected chi connectivity index (χ1v) is 4.49. The minimum atomic E-state index is -0.984. The number of benzene rings is 1. The predicted octanol–water partition coefficient (Wildman–Crippen LogP) is 1.41. The van der Waals surface area contributed by atoms with E-state index in [1.54, 1.807) is 24.4 Å². The average molecular weight is 206 g/mol. The van der Waals surface area contributed by atoms with Gasteiger partial charge in [0.05, 0.1) is 11.7 Å². The number of aromatic amines is 1. The number of nitrogens with one attached hydrogen (secondary N) is 1. The number of rotatable bonds is 3. The number of nitrogens with zero attached hydrogens (tertiary/aromatic N) is 1. The molecule has 1 aromatic heterocycles. The second-order valence-corrected chi connectivity index (χ2v) is 3.22. The Bertz CT molecular complexity index is 492. The van der Waals surface area contributed by atoms with Gasteiger partial charge in [0.15, 0.2) is 6.10 Å². The van der Waals surface area contributed by atoms with Gasteiger partial charge < -0.3 is 9.84 Å². The van der Waals surface area contributed by atoms with Gasteiger partial charge in [0.25, 0.3) is 0 Å². The number of H-pyrrole nitrogens is 1. The molecule has 0 spiro atoms. The van der Waals surface area contributed by atoms with Crippen molar-refractivity contribution in [2.24, 2.45) is 0 Å². The third-order valence-electron chi connectivity index (χ3n) is 2.07. The first kappa shape index (κ1) is 9.51. The van der Waals surface area contributed by atoms with Crippen LogP contribution in [0.3, 0.4) is 0 Å². The van der Waals surface area contributed by atoms with Crippen LogP contribution in [0.4, 0.5) is 0 Å². The number of aromatic nitrogens is 2. The number of ether oxygens (including phenoxy) is 1. The van der Waals surface area contributed by atoms with E-state index < -0.39 is 12.1 Å². The maximum atomic E-state index is 10.6. The van der Waals surface area contributed by atoms with E-state index in [0.717, 1.165) is 10.9 Å². The monoisotopic (exact) mass is 206 g/mol. The van der Waals surface area contributed by atoms with Crippen LogP contribution in [0.15, 0.2) is 24.4 Å². The highest BCUT2D eigenvalue weighted by molar-refractivity contribution is 5.79. The van der Waals surface area contributed by atoms with Gasteiger partial charge in [0, 0.05) is 5.39 Å². The van der Waals surface area contributed by atoms with Gasteiger partial charge in [0.1, 0.15) is 5.75 Å². The number of aliphatic carboxylic acids is 1. The van der Waals surface area contributed by atoms with Crippen LogP contribution in [-0.4, -0.2) is 27.4 Å². The maximum absolute atomic E-state index is 10.6. The van der Waals surface area contributed by atoms with Crippen LogP contribution in [0.1, 0.15) is 6.92 Å². The molecule has 2 rings (SSSR count). The molecule has 0 fully saturated rings. The SMILES string of the molecule is C[C@H](Oc1ccc2[nH]ncc2c1)C(=O)O. The smallest absolute Gasteiger partial charge is 0.344 e. The topological polar surface area (TPSA) is 75.2 Å². The number of carbonyl (C=O) groups is 1. The van der Waals surface area contributed by atoms with E-state index >= 15 is 0 Å². The molecule has 15 heavy (non-hydrogen) atoms. The van der Waals surface area contributed by atoms with Crippen LogP contribution in [0.5, 0.6) is 5.75 Å². The minimum Gasteiger partial charge on any atom is -0.479 e. The molecule has 1 atom stereocenters. The Morgan fingerprint density at radius 1 is 1.60 bits per heavy atom. The van der Waals surface area contributed by atoms with Crippen molar-refractivity contribution in [1.82, 2.24) is 10.2 Å². The van der Waals surface area contributed by atoms with Crippen molar-refractivity contribution in [3.05, 3.63) is 24.4 Å². The summed E-state index contributed by atoms with van der Waals surface area (Å²) in [6, 6.07) is 5.25. The maximum Gasteiger partial charge on any atom is 0.344 e. The summed E-state index contributed by atoms with van der Waals surface area (Å²) < 4.78 is 5.21. The van der Waals surface area contributed by atoms with Crippen molar-refractivity contribution >= 4 is 16.9 Å². The van der Waals surface area contributed by atoms with Crippen LogP contribution >= 0.6 is 0 Å². The summed E-state index contributed by atoms with van der Waals surface area (Å²) in [5.41, 5.74) is 0.894. The molecular weight excluding hydrogens is 196 g/mol. The van der Waals surface area contributed by atoms with Crippen molar-refractivity contribution in [2.75, 3.05) is 0 Å². The lowest BCUT2D eigenvalue weighted by Crippen LogP contribution is -2.22. The lowest BCUT2D eigenvalue weighted by Gasteiger charge is -2.09. The van der Waals surface area contributed by atoms with Crippen molar-refractivity contribution in [3.63, 3.8) is 0 Å². The highest BCUT2D eigenvalue weighted by atomic mass is 16.5. The number of carboxylic acid groups (broad SMARTS) is 1. The van der Waals surface area contributed by atoms with Gasteiger partial charge in [-0.1, -0.05) is 0 Å². The third kappa shape index (κ3) is 1.90. The summed E-state index contributed by atoms with van der Waals surface area (Å²) in [4.78, 5) is 10.6. The van der Waals surface area contributed by atoms with Gasteiger partial charge in [-0.15, -0.1) is 0 Å². The Balaban J connectivity index is 2.24. The lowest BCUT2D eigenvalue weighted by molar-refractivity contribution is -0.144. The molecule has 0 amide bonds. The molecule has 1 heterocycles. The average Bonchev–Trinajstić information content (AvgIpc) is 2.64. The number of fused-ring (bicyclic) bond motifs is 1. The van der Waals surface area contributed by atoms with Gasteiger partial charge in [0.2, 0.25) is 0 Å². The summed E-state index contributed by atoms with van der Waals surface area (Å²) in [7, 11) is 0. The Labute approximate surface area is 85.7 Å². The van der Waals surface area contributed by atoms with E-state index in [2.05, 4.69) is 10.2 Å². The van der Waals surface area contributed by atoms with Crippen molar-refractivity contribution in [3.8, 4) is 5.75 Å². The summed E-state index contributed by atoms with van der Waals surface area (Å²) in [5.74, 6) is -0.457. The zero-order valence-electron chi connectivity index (χ0n) is 8.10. The van der Waals surface area contributed by atoms with Crippen LogP contribution in [0, 0.1) is 0 Å². The van der Waals surface area contributed by atoms with Gasteiger partial charge in [-0.25, -0.2) is 4.79 Å². The summed E-state index contributed by atoms with van der Waals surface area (Å²) in [6.45, 7) is 1.49. The largest absolute Gasteiger partial charge is 0.479 e. The molecule has 2 aromatic rings. The zero-order chi connectivity index (χ0) is 10.8. The Hall–Kier alpha value is -2.04. The van der Waals surface area contributed by atoms with E-state index in [0.29, 0.717) is 5.75 Å². The lowest BCUT2D eigenvalue weighted by atomic mass is 10.2. The summed E-state index contributed by atoms with van der Waals surface area (Å²) in [6.07, 6.45) is 0.808. The second-order valence-electron chi connectivity index (χ2n) is 3.22. The molecule has 0 saturated heterocycles. The van der Waals surface area contributed by atoms with Crippen molar-refractivity contribution < 1.29 is 14.6 Å². The number of hydrogen-bond donors (Lipinski definition) is 2. The molecule has 0 aliphatic heterocycles.